The second kappa shape index (κ2) is 6.68. The van der Waals surface area contributed by atoms with Crippen LogP contribution in [-0.2, 0) is 15.4 Å². The Morgan fingerprint density at radius 1 is 1.50 bits per heavy atom. The predicted molar refractivity (Wildman–Crippen MR) is 69.7 cm³/mol. The molecule has 1 N–H and O–H groups in total. The number of rotatable bonds is 4. The van der Waals surface area contributed by atoms with Gasteiger partial charge in [0.05, 0.1) is 19.8 Å². The topological polar surface area (TPSA) is 54.5 Å². The zero-order valence-electron chi connectivity index (χ0n) is 10.1. The van der Waals surface area contributed by atoms with Crippen LogP contribution in [0, 0.1) is 0 Å². The van der Waals surface area contributed by atoms with E-state index in [0.29, 0.717) is 31.5 Å². The van der Waals surface area contributed by atoms with Gasteiger partial charge in [0.2, 0.25) is 5.91 Å². The Hall–Kier alpha value is -1.17. The highest BCUT2D eigenvalue weighted by molar-refractivity contribution is 6.17. The molecule has 2 rings (SSSR count). The number of carbonyl (C=O) groups excluding carboxylic acids is 1. The minimum Gasteiger partial charge on any atom is -0.379 e. The molecule has 1 aromatic rings. The van der Waals surface area contributed by atoms with Gasteiger partial charge >= 0.3 is 0 Å². The van der Waals surface area contributed by atoms with Crippen LogP contribution in [0.25, 0.3) is 0 Å². The van der Waals surface area contributed by atoms with Crippen molar-refractivity contribution in [2.45, 2.75) is 5.88 Å². The molecule has 1 fully saturated rings. The lowest BCUT2D eigenvalue weighted by Crippen LogP contribution is -2.41. The Morgan fingerprint density at radius 3 is 3.00 bits per heavy atom. The lowest BCUT2D eigenvalue weighted by molar-refractivity contribution is -0.118. The lowest BCUT2D eigenvalue weighted by atomic mass is 10.3. The fourth-order valence-corrected chi connectivity index (χ4v) is 1.94. The van der Waals surface area contributed by atoms with E-state index >= 15 is 0 Å². The molecule has 0 unspecified atom stereocenters. The van der Waals surface area contributed by atoms with Crippen LogP contribution >= 0.6 is 11.6 Å². The van der Waals surface area contributed by atoms with Crippen LogP contribution in [0.3, 0.4) is 0 Å². The first-order valence-corrected chi connectivity index (χ1v) is 6.42. The van der Waals surface area contributed by atoms with Gasteiger partial charge in [-0.2, -0.15) is 0 Å². The summed E-state index contributed by atoms with van der Waals surface area (Å²) < 4.78 is 5.23. The van der Waals surface area contributed by atoms with E-state index in [9.17, 15) is 4.79 Å². The summed E-state index contributed by atoms with van der Waals surface area (Å²) in [6.45, 7) is 3.34. The maximum atomic E-state index is 11.8. The first-order chi connectivity index (χ1) is 8.78. The van der Waals surface area contributed by atoms with Crippen LogP contribution in [0.4, 0.5) is 5.82 Å². The van der Waals surface area contributed by atoms with Gasteiger partial charge in [0.1, 0.15) is 5.82 Å². The highest BCUT2D eigenvalue weighted by Gasteiger charge is 2.14. The Kier molecular flexibility index (Phi) is 4.92. The molecular weight excluding hydrogens is 254 g/mol. The highest BCUT2D eigenvalue weighted by Crippen LogP contribution is 2.09. The largest absolute Gasteiger partial charge is 0.379 e. The van der Waals surface area contributed by atoms with E-state index in [4.69, 9.17) is 16.3 Å². The van der Waals surface area contributed by atoms with Crippen molar-refractivity contribution >= 4 is 23.3 Å². The third kappa shape index (κ3) is 3.94. The molecule has 0 aromatic carbocycles. The van der Waals surface area contributed by atoms with E-state index in [-0.39, 0.29) is 5.91 Å². The minimum atomic E-state index is -0.0591. The summed E-state index contributed by atoms with van der Waals surface area (Å²) in [6.07, 6.45) is 1.64. The van der Waals surface area contributed by atoms with Gasteiger partial charge in [-0.05, 0) is 17.7 Å². The summed E-state index contributed by atoms with van der Waals surface area (Å²) >= 11 is 5.73. The highest BCUT2D eigenvalue weighted by atomic mass is 35.5. The monoisotopic (exact) mass is 269 g/mol. The SMILES string of the molecule is O=C(CN1CCOCC1)Nc1cc(CCl)ccn1. The van der Waals surface area contributed by atoms with Crippen molar-refractivity contribution in [2.24, 2.45) is 0 Å². The number of anilines is 1. The summed E-state index contributed by atoms with van der Waals surface area (Å²) in [4.78, 5) is 18.0. The molecule has 1 amide bonds. The summed E-state index contributed by atoms with van der Waals surface area (Å²) in [5, 5.41) is 2.77. The summed E-state index contributed by atoms with van der Waals surface area (Å²) in [5.74, 6) is 0.900. The number of aromatic nitrogens is 1. The van der Waals surface area contributed by atoms with E-state index < -0.39 is 0 Å². The van der Waals surface area contributed by atoms with Gasteiger partial charge < -0.3 is 10.1 Å². The lowest BCUT2D eigenvalue weighted by Gasteiger charge is -2.25. The predicted octanol–water partition coefficient (Wildman–Crippen LogP) is 1.09. The first-order valence-electron chi connectivity index (χ1n) is 5.89. The van der Waals surface area contributed by atoms with Gasteiger partial charge in [-0.1, -0.05) is 0 Å². The number of nitrogens with zero attached hydrogens (tertiary/aromatic N) is 2. The number of alkyl halides is 1. The zero-order valence-corrected chi connectivity index (χ0v) is 10.8. The molecule has 0 atom stereocenters. The van der Waals surface area contributed by atoms with Crippen LogP contribution in [0.15, 0.2) is 18.3 Å². The molecule has 2 heterocycles. The maximum absolute atomic E-state index is 11.8. The molecule has 0 spiro atoms. The number of ether oxygens (including phenoxy) is 1. The number of hydrogen-bond donors (Lipinski definition) is 1. The number of nitrogens with one attached hydrogen (secondary N) is 1. The van der Waals surface area contributed by atoms with Gasteiger partial charge in [-0.25, -0.2) is 4.98 Å². The number of morpholine rings is 1. The van der Waals surface area contributed by atoms with Crippen molar-refractivity contribution in [1.29, 1.82) is 0 Å². The average molecular weight is 270 g/mol. The van der Waals surface area contributed by atoms with Crippen LogP contribution in [-0.4, -0.2) is 48.6 Å². The standard InChI is InChI=1S/C12H16ClN3O2/c13-8-10-1-2-14-11(7-10)15-12(17)9-16-3-5-18-6-4-16/h1-2,7H,3-6,8-9H2,(H,14,15,17). The molecule has 1 aromatic heterocycles. The molecule has 98 valence electrons. The second-order valence-corrected chi connectivity index (χ2v) is 4.39. The van der Waals surface area contributed by atoms with E-state index in [2.05, 4.69) is 15.2 Å². The van der Waals surface area contributed by atoms with Crippen LogP contribution in [0.5, 0.6) is 0 Å². The summed E-state index contributed by atoms with van der Waals surface area (Å²) in [5.41, 5.74) is 0.938. The average Bonchev–Trinajstić information content (AvgIpc) is 2.40. The fraction of sp³-hybridized carbons (Fsp3) is 0.500. The molecule has 1 aliphatic heterocycles. The van der Waals surface area contributed by atoms with Crippen molar-refractivity contribution in [3.05, 3.63) is 23.9 Å². The van der Waals surface area contributed by atoms with Gasteiger partial charge in [-0.3, -0.25) is 9.69 Å². The quantitative estimate of drug-likeness (QED) is 0.832. The van der Waals surface area contributed by atoms with Gasteiger partial charge in [0, 0.05) is 25.2 Å². The van der Waals surface area contributed by atoms with E-state index in [1.165, 1.54) is 0 Å². The molecule has 0 aliphatic carbocycles. The van der Waals surface area contributed by atoms with E-state index in [1.54, 1.807) is 12.3 Å². The number of amides is 1. The Balaban J connectivity index is 1.85. The Morgan fingerprint density at radius 2 is 2.28 bits per heavy atom. The minimum absolute atomic E-state index is 0.0591. The number of halogens is 1. The van der Waals surface area contributed by atoms with Crippen LogP contribution in [0.2, 0.25) is 0 Å². The molecule has 0 bridgehead atoms. The molecular formula is C12H16ClN3O2. The van der Waals surface area contributed by atoms with Crippen LogP contribution in [0.1, 0.15) is 5.56 Å². The molecule has 6 heteroatoms. The first kappa shape index (κ1) is 13.3. The van der Waals surface area contributed by atoms with Crippen molar-refractivity contribution in [1.82, 2.24) is 9.88 Å². The molecule has 0 radical (unpaired) electrons. The van der Waals surface area contributed by atoms with Crippen molar-refractivity contribution < 1.29 is 9.53 Å². The second-order valence-electron chi connectivity index (χ2n) is 4.12. The molecule has 1 saturated heterocycles. The molecule has 1 aliphatic rings. The summed E-state index contributed by atoms with van der Waals surface area (Å²) in [6, 6.07) is 3.61. The molecule has 18 heavy (non-hydrogen) atoms. The summed E-state index contributed by atoms with van der Waals surface area (Å²) in [7, 11) is 0. The fourth-order valence-electron chi connectivity index (χ4n) is 1.77. The van der Waals surface area contributed by atoms with E-state index in [1.807, 2.05) is 6.07 Å². The zero-order chi connectivity index (χ0) is 12.8. The molecule has 5 nitrogen and oxygen atoms in total. The Bertz CT molecular complexity index is 408. The smallest absolute Gasteiger partial charge is 0.239 e. The van der Waals surface area contributed by atoms with Crippen molar-refractivity contribution in [2.75, 3.05) is 38.2 Å². The third-order valence-corrected chi connectivity index (χ3v) is 3.03. The van der Waals surface area contributed by atoms with Crippen molar-refractivity contribution in [3.8, 4) is 0 Å². The third-order valence-electron chi connectivity index (χ3n) is 2.72. The van der Waals surface area contributed by atoms with Crippen LogP contribution < -0.4 is 5.32 Å². The maximum Gasteiger partial charge on any atom is 0.239 e. The number of hydrogen-bond acceptors (Lipinski definition) is 4. The normalized spacial score (nSPS) is 16.5. The Labute approximate surface area is 111 Å². The van der Waals surface area contributed by atoms with Crippen molar-refractivity contribution in [3.63, 3.8) is 0 Å². The number of pyridine rings is 1. The number of carbonyl (C=O) groups is 1. The molecule has 0 saturated carbocycles. The van der Waals surface area contributed by atoms with Gasteiger partial charge in [0.15, 0.2) is 0 Å². The van der Waals surface area contributed by atoms with Gasteiger partial charge in [0.25, 0.3) is 0 Å². The van der Waals surface area contributed by atoms with E-state index in [0.717, 1.165) is 18.7 Å². The van der Waals surface area contributed by atoms with Gasteiger partial charge in [-0.15, -0.1) is 11.6 Å².